The molecule has 1 aromatic heterocycles. The lowest BCUT2D eigenvalue weighted by molar-refractivity contribution is -0.115. The number of aromatic nitrogens is 2. The van der Waals surface area contributed by atoms with Gasteiger partial charge in [-0.05, 0) is 55.8 Å². The number of hydrogen-bond acceptors (Lipinski definition) is 5. The smallest absolute Gasteiger partial charge is 0.251 e. The van der Waals surface area contributed by atoms with E-state index in [1.807, 2.05) is 6.07 Å². The van der Waals surface area contributed by atoms with Crippen LogP contribution in [0.1, 0.15) is 21.6 Å². The molecular weight excluding hydrogens is 373 g/mol. The molecule has 3 aromatic rings. The van der Waals surface area contributed by atoms with Crippen LogP contribution in [0.2, 0.25) is 0 Å². The fourth-order valence-electron chi connectivity index (χ4n) is 2.78. The summed E-state index contributed by atoms with van der Waals surface area (Å²) in [4.78, 5) is 32.7. The maximum atomic E-state index is 13.1. The van der Waals surface area contributed by atoms with E-state index in [2.05, 4.69) is 20.6 Å². The minimum atomic E-state index is -0.414. The van der Waals surface area contributed by atoms with Crippen molar-refractivity contribution in [1.29, 1.82) is 0 Å². The van der Waals surface area contributed by atoms with Crippen molar-refractivity contribution in [3.05, 3.63) is 71.2 Å². The van der Waals surface area contributed by atoms with Crippen LogP contribution in [0.25, 0.3) is 11.3 Å². The van der Waals surface area contributed by atoms with Crippen molar-refractivity contribution in [3.8, 4) is 11.3 Å². The Labute approximate surface area is 167 Å². The predicted molar refractivity (Wildman–Crippen MR) is 109 cm³/mol. The number of benzene rings is 2. The van der Waals surface area contributed by atoms with E-state index in [0.717, 1.165) is 5.69 Å². The van der Waals surface area contributed by atoms with E-state index < -0.39 is 11.8 Å². The molecule has 0 bridgehead atoms. The summed E-state index contributed by atoms with van der Waals surface area (Å²) in [6, 6.07) is 12.7. The number of nitrogens with two attached hydrogens (primary N) is 1. The number of nitrogens with zero attached hydrogens (tertiary/aromatic N) is 2. The summed E-state index contributed by atoms with van der Waals surface area (Å²) in [5.74, 6) is -1.04. The van der Waals surface area contributed by atoms with Gasteiger partial charge in [0.15, 0.2) is 0 Å². The number of amides is 2. The number of rotatable bonds is 5. The highest BCUT2D eigenvalue weighted by atomic mass is 19.1. The van der Waals surface area contributed by atoms with Gasteiger partial charge in [0.1, 0.15) is 5.82 Å². The number of aryl methyl sites for hydroxylation is 2. The minimum Gasteiger partial charge on any atom is -0.368 e. The highest BCUT2D eigenvalue weighted by molar-refractivity contribution is 6.00. The Bertz CT molecular complexity index is 1060. The summed E-state index contributed by atoms with van der Waals surface area (Å²) in [6.07, 6.45) is 0. The standard InChI is InChI=1S/C21H20FN5O2/c1-12-8-16(22)6-7-17(12)26-19(28)11-24-20(29)15-5-3-4-14(10-15)18-9-13(2)25-21(23)27-18/h3-10H,11H2,1-2H3,(H,24,29)(H,26,28)(H2,23,25,27). The van der Waals surface area contributed by atoms with Crippen LogP contribution in [-0.2, 0) is 4.79 Å². The summed E-state index contributed by atoms with van der Waals surface area (Å²) in [5, 5.41) is 5.21. The molecule has 0 saturated heterocycles. The van der Waals surface area contributed by atoms with Crippen molar-refractivity contribution in [2.24, 2.45) is 0 Å². The lowest BCUT2D eigenvalue weighted by atomic mass is 10.1. The Morgan fingerprint density at radius 2 is 1.86 bits per heavy atom. The van der Waals surface area contributed by atoms with E-state index in [1.54, 1.807) is 38.1 Å². The van der Waals surface area contributed by atoms with Gasteiger partial charge in [-0.3, -0.25) is 9.59 Å². The first kappa shape index (κ1) is 19.9. The SMILES string of the molecule is Cc1cc(-c2cccc(C(=O)NCC(=O)Nc3ccc(F)cc3C)c2)nc(N)n1. The van der Waals surface area contributed by atoms with Crippen LogP contribution in [0.15, 0.2) is 48.5 Å². The van der Waals surface area contributed by atoms with Crippen LogP contribution in [0.5, 0.6) is 0 Å². The van der Waals surface area contributed by atoms with Gasteiger partial charge < -0.3 is 16.4 Å². The second-order valence-corrected chi connectivity index (χ2v) is 6.52. The van der Waals surface area contributed by atoms with E-state index >= 15 is 0 Å². The molecular formula is C21H20FN5O2. The molecule has 1 heterocycles. The maximum absolute atomic E-state index is 13.1. The number of nitrogen functional groups attached to an aromatic ring is 1. The van der Waals surface area contributed by atoms with Gasteiger partial charge in [-0.25, -0.2) is 14.4 Å². The van der Waals surface area contributed by atoms with Gasteiger partial charge in [0, 0.05) is 22.5 Å². The fourth-order valence-corrected chi connectivity index (χ4v) is 2.78. The predicted octanol–water partition coefficient (Wildman–Crippen LogP) is 2.85. The van der Waals surface area contributed by atoms with Crippen LogP contribution in [0.4, 0.5) is 16.0 Å². The van der Waals surface area contributed by atoms with Crippen LogP contribution < -0.4 is 16.4 Å². The number of carbonyl (C=O) groups excluding carboxylic acids is 2. The molecule has 29 heavy (non-hydrogen) atoms. The molecule has 0 aliphatic heterocycles. The quantitative estimate of drug-likeness (QED) is 0.617. The van der Waals surface area contributed by atoms with E-state index in [9.17, 15) is 14.0 Å². The molecule has 0 aliphatic carbocycles. The van der Waals surface area contributed by atoms with Crippen molar-refractivity contribution >= 4 is 23.5 Å². The number of carbonyl (C=O) groups is 2. The largest absolute Gasteiger partial charge is 0.368 e. The zero-order valence-electron chi connectivity index (χ0n) is 16.0. The summed E-state index contributed by atoms with van der Waals surface area (Å²) in [5.41, 5.74) is 9.19. The molecule has 0 spiro atoms. The molecule has 3 rings (SSSR count). The molecule has 2 amide bonds. The third-order valence-electron chi connectivity index (χ3n) is 4.16. The summed E-state index contributed by atoms with van der Waals surface area (Å²) >= 11 is 0. The van der Waals surface area contributed by atoms with Crippen LogP contribution in [-0.4, -0.2) is 28.3 Å². The first-order valence-corrected chi connectivity index (χ1v) is 8.87. The third kappa shape index (κ3) is 5.13. The van der Waals surface area contributed by atoms with Crippen molar-refractivity contribution < 1.29 is 14.0 Å². The van der Waals surface area contributed by atoms with E-state index in [4.69, 9.17) is 5.73 Å². The van der Waals surface area contributed by atoms with Gasteiger partial charge in [-0.1, -0.05) is 12.1 Å². The zero-order chi connectivity index (χ0) is 21.0. The highest BCUT2D eigenvalue weighted by Crippen LogP contribution is 2.20. The fraction of sp³-hybridized carbons (Fsp3) is 0.143. The number of anilines is 2. The lowest BCUT2D eigenvalue weighted by Gasteiger charge is -2.10. The number of halogens is 1. The van der Waals surface area contributed by atoms with E-state index in [-0.39, 0.29) is 18.3 Å². The van der Waals surface area contributed by atoms with Crippen LogP contribution in [0, 0.1) is 19.7 Å². The first-order chi connectivity index (χ1) is 13.8. The molecule has 0 unspecified atom stereocenters. The second kappa shape index (κ2) is 8.47. The van der Waals surface area contributed by atoms with Gasteiger partial charge in [0.25, 0.3) is 5.91 Å². The van der Waals surface area contributed by atoms with Gasteiger partial charge in [-0.2, -0.15) is 0 Å². The van der Waals surface area contributed by atoms with Gasteiger partial charge >= 0.3 is 0 Å². The molecule has 0 saturated carbocycles. The molecule has 0 atom stereocenters. The Morgan fingerprint density at radius 3 is 2.59 bits per heavy atom. The Balaban J connectivity index is 1.65. The van der Waals surface area contributed by atoms with Gasteiger partial charge in [-0.15, -0.1) is 0 Å². The molecule has 0 radical (unpaired) electrons. The summed E-state index contributed by atoms with van der Waals surface area (Å²) < 4.78 is 13.1. The molecule has 8 heteroatoms. The van der Waals surface area contributed by atoms with Crippen LogP contribution in [0.3, 0.4) is 0 Å². The second-order valence-electron chi connectivity index (χ2n) is 6.52. The molecule has 4 N–H and O–H groups in total. The summed E-state index contributed by atoms with van der Waals surface area (Å²) in [7, 11) is 0. The average molecular weight is 393 g/mol. The van der Waals surface area contributed by atoms with E-state index in [1.165, 1.54) is 18.2 Å². The Morgan fingerprint density at radius 1 is 1.07 bits per heavy atom. The molecule has 148 valence electrons. The van der Waals surface area contributed by atoms with Crippen LogP contribution >= 0.6 is 0 Å². The van der Waals surface area contributed by atoms with Crippen molar-refractivity contribution in [2.75, 3.05) is 17.6 Å². The normalized spacial score (nSPS) is 10.4. The number of nitrogens with one attached hydrogen (secondary N) is 2. The topological polar surface area (TPSA) is 110 Å². The van der Waals surface area contributed by atoms with Crippen molar-refractivity contribution in [3.63, 3.8) is 0 Å². The lowest BCUT2D eigenvalue weighted by Crippen LogP contribution is -2.33. The Hall–Kier alpha value is -3.81. The molecule has 0 aliphatic rings. The molecule has 7 nitrogen and oxygen atoms in total. The minimum absolute atomic E-state index is 0.155. The third-order valence-corrected chi connectivity index (χ3v) is 4.16. The number of hydrogen-bond donors (Lipinski definition) is 3. The average Bonchev–Trinajstić information content (AvgIpc) is 2.67. The summed E-state index contributed by atoms with van der Waals surface area (Å²) in [6.45, 7) is 3.27. The van der Waals surface area contributed by atoms with Crippen molar-refractivity contribution in [1.82, 2.24) is 15.3 Å². The molecule has 2 aromatic carbocycles. The van der Waals surface area contributed by atoms with Gasteiger partial charge in [0.2, 0.25) is 11.9 Å². The monoisotopic (exact) mass is 393 g/mol. The zero-order valence-corrected chi connectivity index (χ0v) is 16.0. The maximum Gasteiger partial charge on any atom is 0.251 e. The van der Waals surface area contributed by atoms with Crippen molar-refractivity contribution in [2.45, 2.75) is 13.8 Å². The molecule has 0 fully saturated rings. The highest BCUT2D eigenvalue weighted by Gasteiger charge is 2.11. The Kier molecular flexibility index (Phi) is 5.82. The van der Waals surface area contributed by atoms with E-state index in [0.29, 0.717) is 28.1 Å². The first-order valence-electron chi connectivity index (χ1n) is 8.87. The van der Waals surface area contributed by atoms with Gasteiger partial charge in [0.05, 0.1) is 12.2 Å².